The van der Waals surface area contributed by atoms with E-state index in [0.717, 1.165) is 41.7 Å². The van der Waals surface area contributed by atoms with Gasteiger partial charge in [-0.15, -0.1) is 0 Å². The summed E-state index contributed by atoms with van der Waals surface area (Å²) < 4.78 is 30.1. The van der Waals surface area contributed by atoms with Gasteiger partial charge in [0.2, 0.25) is 0 Å². The number of imidazole rings is 1. The van der Waals surface area contributed by atoms with Gasteiger partial charge in [-0.25, -0.2) is 4.98 Å². The molecule has 1 aliphatic rings. The molecule has 3 aromatic rings. The Morgan fingerprint density at radius 1 is 1.08 bits per heavy atom. The number of hydrogen-bond acceptors (Lipinski definition) is 3. The first-order chi connectivity index (χ1) is 12.6. The standard InChI is InChI=1S/C19H22N4O2S/c24-26(25,20-14-15-8-2-1-3-9-15)23-13-7-6-12-18(23)19-21-16-10-4-5-11-17(16)22-19/h1-5,8-11,18,20H,6-7,12-14H2,(H,21,22)/t18-/m0/s1. The molecule has 0 spiro atoms. The Labute approximate surface area is 153 Å². The summed E-state index contributed by atoms with van der Waals surface area (Å²) in [5, 5.41) is 0. The number of piperidine rings is 1. The second kappa shape index (κ2) is 7.19. The minimum absolute atomic E-state index is 0.260. The number of nitrogens with one attached hydrogen (secondary N) is 2. The van der Waals surface area contributed by atoms with Crippen molar-refractivity contribution in [2.75, 3.05) is 6.54 Å². The first-order valence-corrected chi connectivity index (χ1v) is 10.3. The predicted molar refractivity (Wildman–Crippen MR) is 102 cm³/mol. The third kappa shape index (κ3) is 3.51. The van der Waals surface area contributed by atoms with Crippen LogP contribution in [0, 0.1) is 0 Å². The molecule has 0 amide bonds. The average molecular weight is 370 g/mol. The summed E-state index contributed by atoms with van der Waals surface area (Å²) >= 11 is 0. The van der Waals surface area contributed by atoms with Gasteiger partial charge in [0.1, 0.15) is 5.82 Å². The molecule has 0 unspecified atom stereocenters. The highest BCUT2D eigenvalue weighted by Crippen LogP contribution is 2.32. The highest BCUT2D eigenvalue weighted by molar-refractivity contribution is 7.87. The van der Waals surface area contributed by atoms with Crippen LogP contribution in [-0.2, 0) is 16.8 Å². The zero-order valence-corrected chi connectivity index (χ0v) is 15.2. The largest absolute Gasteiger partial charge is 0.341 e. The molecule has 6 nitrogen and oxygen atoms in total. The van der Waals surface area contributed by atoms with Crippen molar-refractivity contribution >= 4 is 21.2 Å². The van der Waals surface area contributed by atoms with Gasteiger partial charge in [-0.1, -0.05) is 48.9 Å². The summed E-state index contributed by atoms with van der Waals surface area (Å²) in [6.07, 6.45) is 2.63. The van der Waals surface area contributed by atoms with E-state index in [1.165, 1.54) is 0 Å². The molecule has 0 saturated carbocycles. The highest BCUT2D eigenvalue weighted by atomic mass is 32.2. The van der Waals surface area contributed by atoms with Crippen LogP contribution in [0.15, 0.2) is 54.6 Å². The topological polar surface area (TPSA) is 78.1 Å². The number of aromatic amines is 1. The number of benzene rings is 2. The van der Waals surface area contributed by atoms with Crippen LogP contribution in [0.5, 0.6) is 0 Å². The van der Waals surface area contributed by atoms with Gasteiger partial charge in [-0.2, -0.15) is 17.4 Å². The molecule has 1 saturated heterocycles. The van der Waals surface area contributed by atoms with Crippen LogP contribution in [0.1, 0.15) is 36.7 Å². The Morgan fingerprint density at radius 2 is 1.85 bits per heavy atom. The van der Waals surface area contributed by atoms with Gasteiger partial charge in [0.15, 0.2) is 0 Å². The monoisotopic (exact) mass is 370 g/mol. The molecular formula is C19H22N4O2S. The van der Waals surface area contributed by atoms with Gasteiger partial charge >= 0.3 is 0 Å². The minimum Gasteiger partial charge on any atom is -0.341 e. The van der Waals surface area contributed by atoms with Crippen molar-refractivity contribution in [2.24, 2.45) is 0 Å². The number of para-hydroxylation sites is 2. The second-order valence-electron chi connectivity index (χ2n) is 6.57. The molecule has 1 atom stereocenters. The predicted octanol–water partition coefficient (Wildman–Crippen LogP) is 3.12. The van der Waals surface area contributed by atoms with E-state index >= 15 is 0 Å². The lowest BCUT2D eigenvalue weighted by atomic mass is 10.0. The maximum Gasteiger partial charge on any atom is 0.280 e. The van der Waals surface area contributed by atoms with Crippen LogP contribution < -0.4 is 4.72 Å². The lowest BCUT2D eigenvalue weighted by Gasteiger charge is -2.33. The normalized spacial score (nSPS) is 19.0. The zero-order valence-electron chi connectivity index (χ0n) is 14.4. The molecule has 2 aromatic carbocycles. The lowest BCUT2D eigenvalue weighted by Crippen LogP contribution is -2.45. The van der Waals surface area contributed by atoms with Crippen LogP contribution in [0.2, 0.25) is 0 Å². The quantitative estimate of drug-likeness (QED) is 0.724. The number of hydrogen-bond donors (Lipinski definition) is 2. The van der Waals surface area contributed by atoms with Crippen molar-refractivity contribution in [2.45, 2.75) is 31.8 Å². The van der Waals surface area contributed by atoms with Crippen molar-refractivity contribution in [1.82, 2.24) is 19.0 Å². The number of fused-ring (bicyclic) bond motifs is 1. The van der Waals surface area contributed by atoms with E-state index in [0.29, 0.717) is 6.54 Å². The molecule has 26 heavy (non-hydrogen) atoms. The van der Waals surface area contributed by atoms with E-state index < -0.39 is 10.2 Å². The fourth-order valence-electron chi connectivity index (χ4n) is 3.45. The van der Waals surface area contributed by atoms with Crippen molar-refractivity contribution in [3.63, 3.8) is 0 Å². The third-order valence-electron chi connectivity index (χ3n) is 4.79. The molecule has 0 aliphatic carbocycles. The Morgan fingerprint density at radius 3 is 2.65 bits per heavy atom. The van der Waals surface area contributed by atoms with Gasteiger partial charge in [0.25, 0.3) is 10.2 Å². The van der Waals surface area contributed by atoms with E-state index in [1.54, 1.807) is 4.31 Å². The summed E-state index contributed by atoms with van der Waals surface area (Å²) in [5.74, 6) is 0.719. The van der Waals surface area contributed by atoms with E-state index in [2.05, 4.69) is 14.7 Å². The number of rotatable bonds is 5. The molecule has 0 radical (unpaired) electrons. The first-order valence-electron chi connectivity index (χ1n) is 8.88. The lowest BCUT2D eigenvalue weighted by molar-refractivity contribution is 0.245. The fourth-order valence-corrected chi connectivity index (χ4v) is 4.87. The fraction of sp³-hybridized carbons (Fsp3) is 0.316. The highest BCUT2D eigenvalue weighted by Gasteiger charge is 2.34. The molecule has 1 aromatic heterocycles. The maximum absolute atomic E-state index is 12.9. The van der Waals surface area contributed by atoms with Crippen LogP contribution >= 0.6 is 0 Å². The van der Waals surface area contributed by atoms with Crippen molar-refractivity contribution in [3.8, 4) is 0 Å². The molecule has 0 bridgehead atoms. The van der Waals surface area contributed by atoms with E-state index in [9.17, 15) is 8.42 Å². The van der Waals surface area contributed by atoms with Gasteiger partial charge in [-0.05, 0) is 30.5 Å². The SMILES string of the molecule is O=S(=O)(NCc1ccccc1)N1CCCC[C@H]1c1nc2ccccc2[nH]1. The zero-order chi connectivity index (χ0) is 18.0. The van der Waals surface area contributed by atoms with Crippen LogP contribution in [0.3, 0.4) is 0 Å². The van der Waals surface area contributed by atoms with Crippen molar-refractivity contribution < 1.29 is 8.42 Å². The number of H-pyrrole nitrogens is 1. The smallest absolute Gasteiger partial charge is 0.280 e. The van der Waals surface area contributed by atoms with E-state index in [1.807, 2.05) is 54.6 Å². The van der Waals surface area contributed by atoms with Crippen LogP contribution in [0.25, 0.3) is 11.0 Å². The Kier molecular flexibility index (Phi) is 4.76. The van der Waals surface area contributed by atoms with Crippen molar-refractivity contribution in [1.29, 1.82) is 0 Å². The van der Waals surface area contributed by atoms with Gasteiger partial charge in [-0.3, -0.25) is 0 Å². The molecule has 2 heterocycles. The molecular weight excluding hydrogens is 348 g/mol. The van der Waals surface area contributed by atoms with Gasteiger partial charge in [0, 0.05) is 13.1 Å². The van der Waals surface area contributed by atoms with Gasteiger partial charge < -0.3 is 4.98 Å². The molecule has 4 rings (SSSR count). The maximum atomic E-state index is 12.9. The summed E-state index contributed by atoms with van der Waals surface area (Å²) in [6.45, 7) is 0.790. The minimum atomic E-state index is -3.59. The Balaban J connectivity index is 1.58. The summed E-state index contributed by atoms with van der Waals surface area (Å²) in [7, 11) is -3.59. The van der Waals surface area contributed by atoms with Crippen molar-refractivity contribution in [3.05, 3.63) is 66.0 Å². The second-order valence-corrected chi connectivity index (χ2v) is 8.28. The van der Waals surface area contributed by atoms with E-state index in [4.69, 9.17) is 0 Å². The first kappa shape index (κ1) is 17.2. The molecule has 136 valence electrons. The Bertz CT molecular complexity index is 952. The summed E-state index contributed by atoms with van der Waals surface area (Å²) in [5.41, 5.74) is 2.73. The number of nitrogens with zero attached hydrogens (tertiary/aromatic N) is 2. The molecule has 2 N–H and O–H groups in total. The molecule has 1 fully saturated rings. The third-order valence-corrected chi connectivity index (χ3v) is 6.35. The molecule has 7 heteroatoms. The van der Waals surface area contributed by atoms with Gasteiger partial charge in [0.05, 0.1) is 17.1 Å². The molecule has 1 aliphatic heterocycles. The van der Waals surface area contributed by atoms with E-state index in [-0.39, 0.29) is 12.6 Å². The van der Waals surface area contributed by atoms with Crippen LogP contribution in [-0.4, -0.2) is 29.2 Å². The summed E-state index contributed by atoms with van der Waals surface area (Å²) in [4.78, 5) is 7.93. The summed E-state index contributed by atoms with van der Waals surface area (Å²) in [6, 6.07) is 17.1. The number of aromatic nitrogens is 2. The van der Waals surface area contributed by atoms with Crippen LogP contribution in [0.4, 0.5) is 0 Å². The average Bonchev–Trinajstić information content (AvgIpc) is 3.11. The Hall–Kier alpha value is -2.22.